The predicted molar refractivity (Wildman–Crippen MR) is 50.6 cm³/mol. The maximum Gasteiger partial charge on any atom is 0.217 e. The van der Waals surface area contributed by atoms with Gasteiger partial charge in [-0.3, -0.25) is 9.59 Å². The molecule has 0 saturated carbocycles. The fourth-order valence-corrected chi connectivity index (χ4v) is 1.26. The molecule has 4 heteroatoms. The fraction of sp³-hybridized carbons (Fsp3) is 0.778. The summed E-state index contributed by atoms with van der Waals surface area (Å²) in [5, 5.41) is 0. The summed E-state index contributed by atoms with van der Waals surface area (Å²) < 4.78 is 0. The number of rotatable bonds is 6. The first kappa shape index (κ1) is 11.9. The van der Waals surface area contributed by atoms with E-state index in [9.17, 15) is 9.59 Å². The van der Waals surface area contributed by atoms with Gasteiger partial charge in [0.15, 0.2) is 0 Å². The van der Waals surface area contributed by atoms with Crippen molar-refractivity contribution in [1.29, 1.82) is 0 Å². The van der Waals surface area contributed by atoms with Crippen molar-refractivity contribution in [3.05, 3.63) is 0 Å². The highest BCUT2D eigenvalue weighted by Gasteiger charge is 2.16. The van der Waals surface area contributed by atoms with E-state index in [1.54, 1.807) is 0 Å². The summed E-state index contributed by atoms with van der Waals surface area (Å²) in [6.45, 7) is 4.02. The molecule has 0 fully saturated rings. The van der Waals surface area contributed by atoms with Crippen LogP contribution in [0, 0.1) is 11.8 Å². The molecule has 0 rings (SSSR count). The molecule has 4 nitrogen and oxygen atoms in total. The predicted octanol–water partition coefficient (Wildman–Crippen LogP) is 0.399. The highest BCUT2D eigenvalue weighted by Crippen LogP contribution is 2.20. The summed E-state index contributed by atoms with van der Waals surface area (Å²) in [5.41, 5.74) is 10.1. The van der Waals surface area contributed by atoms with E-state index in [-0.39, 0.29) is 17.7 Å². The van der Waals surface area contributed by atoms with Gasteiger partial charge in [-0.25, -0.2) is 0 Å². The average molecular weight is 186 g/mol. The van der Waals surface area contributed by atoms with Crippen LogP contribution in [0.4, 0.5) is 0 Å². The first-order valence-corrected chi connectivity index (χ1v) is 4.50. The number of carbonyl (C=O) groups is 2. The molecule has 13 heavy (non-hydrogen) atoms. The van der Waals surface area contributed by atoms with Gasteiger partial charge in [-0.1, -0.05) is 13.8 Å². The van der Waals surface area contributed by atoms with Crippen LogP contribution in [0.15, 0.2) is 0 Å². The lowest BCUT2D eigenvalue weighted by molar-refractivity contribution is -0.121. The van der Waals surface area contributed by atoms with E-state index < -0.39 is 0 Å². The fourth-order valence-electron chi connectivity index (χ4n) is 1.26. The SMILES string of the molecule is CC(C)[C@@H](CCC(N)=O)CC(N)=O. The molecule has 0 aromatic rings. The van der Waals surface area contributed by atoms with Gasteiger partial charge in [-0.2, -0.15) is 0 Å². The minimum absolute atomic E-state index is 0.171. The molecule has 1 atom stereocenters. The molecule has 0 bridgehead atoms. The van der Waals surface area contributed by atoms with E-state index in [4.69, 9.17) is 11.5 Å². The normalized spacial score (nSPS) is 12.8. The monoisotopic (exact) mass is 186 g/mol. The Morgan fingerprint density at radius 1 is 1.15 bits per heavy atom. The van der Waals surface area contributed by atoms with Crippen LogP contribution < -0.4 is 11.5 Å². The van der Waals surface area contributed by atoms with E-state index in [0.717, 1.165) is 0 Å². The molecule has 0 aliphatic rings. The number of nitrogens with two attached hydrogens (primary N) is 2. The van der Waals surface area contributed by atoms with Crippen LogP contribution in [0.3, 0.4) is 0 Å². The number of hydrogen-bond acceptors (Lipinski definition) is 2. The molecule has 0 spiro atoms. The van der Waals surface area contributed by atoms with Crippen molar-refractivity contribution in [3.8, 4) is 0 Å². The molecule has 0 heterocycles. The van der Waals surface area contributed by atoms with E-state index in [1.807, 2.05) is 13.8 Å². The second-order valence-electron chi connectivity index (χ2n) is 3.68. The summed E-state index contributed by atoms with van der Waals surface area (Å²) >= 11 is 0. The van der Waals surface area contributed by atoms with Gasteiger partial charge in [0, 0.05) is 12.8 Å². The third-order valence-corrected chi connectivity index (χ3v) is 2.17. The van der Waals surface area contributed by atoms with Crippen molar-refractivity contribution < 1.29 is 9.59 Å². The number of primary amides is 2. The quantitative estimate of drug-likeness (QED) is 0.629. The van der Waals surface area contributed by atoms with Crippen molar-refractivity contribution in [2.75, 3.05) is 0 Å². The van der Waals surface area contributed by atoms with Crippen molar-refractivity contribution in [2.45, 2.75) is 33.1 Å². The Morgan fingerprint density at radius 2 is 1.69 bits per heavy atom. The Kier molecular flexibility index (Phi) is 5.11. The minimum Gasteiger partial charge on any atom is -0.370 e. The summed E-state index contributed by atoms with van der Waals surface area (Å²) in [6, 6.07) is 0. The van der Waals surface area contributed by atoms with E-state index in [0.29, 0.717) is 25.2 Å². The lowest BCUT2D eigenvalue weighted by Gasteiger charge is -2.18. The molecule has 0 aromatic carbocycles. The van der Waals surface area contributed by atoms with Crippen LogP contribution in [-0.4, -0.2) is 11.8 Å². The molecule has 4 N–H and O–H groups in total. The molecule has 76 valence electrons. The van der Waals surface area contributed by atoms with Crippen LogP contribution in [-0.2, 0) is 9.59 Å². The standard InChI is InChI=1S/C9H18N2O2/c1-6(2)7(5-9(11)13)3-4-8(10)12/h6-7H,3-5H2,1-2H3,(H2,10,12)(H2,11,13)/t7-/m0/s1. The highest BCUT2D eigenvalue weighted by atomic mass is 16.1. The van der Waals surface area contributed by atoms with Crippen LogP contribution in [0.25, 0.3) is 0 Å². The van der Waals surface area contributed by atoms with E-state index in [2.05, 4.69) is 0 Å². The Labute approximate surface area is 78.7 Å². The van der Waals surface area contributed by atoms with Crippen molar-refractivity contribution >= 4 is 11.8 Å². The van der Waals surface area contributed by atoms with Gasteiger partial charge < -0.3 is 11.5 Å². The zero-order valence-corrected chi connectivity index (χ0v) is 8.25. The number of hydrogen-bond donors (Lipinski definition) is 2. The lowest BCUT2D eigenvalue weighted by atomic mass is 9.88. The van der Waals surface area contributed by atoms with Crippen molar-refractivity contribution in [3.63, 3.8) is 0 Å². The van der Waals surface area contributed by atoms with Gasteiger partial charge in [0.05, 0.1) is 0 Å². The van der Waals surface area contributed by atoms with Crippen molar-refractivity contribution in [1.82, 2.24) is 0 Å². The first-order chi connectivity index (χ1) is 5.93. The van der Waals surface area contributed by atoms with Crippen LogP contribution in [0.2, 0.25) is 0 Å². The van der Waals surface area contributed by atoms with Crippen LogP contribution >= 0.6 is 0 Å². The molecule has 0 radical (unpaired) electrons. The van der Waals surface area contributed by atoms with Gasteiger partial charge in [0.1, 0.15) is 0 Å². The summed E-state index contributed by atoms with van der Waals surface area (Å²) in [5.74, 6) is -0.116. The topological polar surface area (TPSA) is 86.2 Å². The second-order valence-corrected chi connectivity index (χ2v) is 3.68. The van der Waals surface area contributed by atoms with Crippen LogP contribution in [0.5, 0.6) is 0 Å². The molecule has 0 aliphatic heterocycles. The number of amides is 2. The smallest absolute Gasteiger partial charge is 0.217 e. The Morgan fingerprint density at radius 3 is 2.00 bits per heavy atom. The highest BCUT2D eigenvalue weighted by molar-refractivity contribution is 5.75. The maximum atomic E-state index is 10.7. The zero-order valence-electron chi connectivity index (χ0n) is 8.25. The second kappa shape index (κ2) is 5.56. The summed E-state index contributed by atoms with van der Waals surface area (Å²) in [7, 11) is 0. The maximum absolute atomic E-state index is 10.7. The Hall–Kier alpha value is -1.06. The van der Waals surface area contributed by atoms with Gasteiger partial charge in [0.2, 0.25) is 11.8 Å². The molecule has 2 amide bonds. The Bertz CT molecular complexity index is 190. The molecular formula is C9H18N2O2. The third-order valence-electron chi connectivity index (χ3n) is 2.17. The van der Waals surface area contributed by atoms with Gasteiger partial charge in [-0.15, -0.1) is 0 Å². The summed E-state index contributed by atoms with van der Waals surface area (Å²) in [4.78, 5) is 21.2. The molecule has 0 aliphatic carbocycles. The van der Waals surface area contributed by atoms with Crippen molar-refractivity contribution in [2.24, 2.45) is 23.3 Å². The molecule has 0 unspecified atom stereocenters. The average Bonchev–Trinajstić information content (AvgIpc) is 1.96. The first-order valence-electron chi connectivity index (χ1n) is 4.50. The molecule has 0 saturated heterocycles. The Balaban J connectivity index is 3.95. The van der Waals surface area contributed by atoms with Gasteiger partial charge >= 0.3 is 0 Å². The van der Waals surface area contributed by atoms with E-state index >= 15 is 0 Å². The minimum atomic E-state index is -0.324. The van der Waals surface area contributed by atoms with Gasteiger partial charge in [-0.05, 0) is 18.3 Å². The third kappa shape index (κ3) is 6.13. The summed E-state index contributed by atoms with van der Waals surface area (Å²) in [6.07, 6.45) is 1.32. The number of carbonyl (C=O) groups excluding carboxylic acids is 2. The molecular weight excluding hydrogens is 168 g/mol. The zero-order chi connectivity index (χ0) is 10.4. The van der Waals surface area contributed by atoms with E-state index in [1.165, 1.54) is 0 Å². The van der Waals surface area contributed by atoms with Gasteiger partial charge in [0.25, 0.3) is 0 Å². The molecule has 0 aromatic heterocycles. The van der Waals surface area contributed by atoms with Crippen LogP contribution in [0.1, 0.15) is 33.1 Å². The largest absolute Gasteiger partial charge is 0.370 e. The lowest BCUT2D eigenvalue weighted by Crippen LogP contribution is -2.22.